The van der Waals surface area contributed by atoms with Gasteiger partial charge in [0.05, 0.1) is 29.1 Å². The van der Waals surface area contributed by atoms with Crippen LogP contribution in [-0.2, 0) is 33.4 Å². The Morgan fingerprint density at radius 2 is 1.33 bits per heavy atom. The third kappa shape index (κ3) is 6.29. The van der Waals surface area contributed by atoms with Gasteiger partial charge in [0.1, 0.15) is 12.7 Å². The molecule has 0 aromatic carbocycles. The van der Waals surface area contributed by atoms with E-state index in [1.165, 1.54) is 33.3 Å². The van der Waals surface area contributed by atoms with Crippen LogP contribution in [0.5, 0.6) is 0 Å². The number of ether oxygens (including phenoxy) is 2. The van der Waals surface area contributed by atoms with Crippen LogP contribution >= 0.6 is 0 Å². The zero-order valence-corrected chi connectivity index (χ0v) is 33.3. The van der Waals surface area contributed by atoms with E-state index in [4.69, 9.17) is 9.47 Å². The molecule has 4 fully saturated rings. The van der Waals surface area contributed by atoms with Gasteiger partial charge in [-0.15, -0.1) is 0 Å². The summed E-state index contributed by atoms with van der Waals surface area (Å²) >= 11 is 0. The molecule has 0 aromatic rings. The molecule has 0 bridgehead atoms. The van der Waals surface area contributed by atoms with Gasteiger partial charge in [-0.25, -0.2) is 0 Å². The number of carbonyl (C=O) groups is 5. The lowest BCUT2D eigenvalue weighted by atomic mass is 9.33. The molecular formula is C42H64O10. The highest BCUT2D eigenvalue weighted by molar-refractivity contribution is 5.82. The second-order valence-electron chi connectivity index (χ2n) is 20.6. The van der Waals surface area contributed by atoms with Gasteiger partial charge in [0.25, 0.3) is 0 Å². The third-order valence-corrected chi connectivity index (χ3v) is 16.0. The van der Waals surface area contributed by atoms with Gasteiger partial charge in [0, 0.05) is 5.41 Å². The molecule has 5 aliphatic carbocycles. The van der Waals surface area contributed by atoms with Crippen LogP contribution in [0, 0.1) is 61.1 Å². The Kier molecular flexibility index (Phi) is 9.96. The molecule has 1 unspecified atom stereocenters. The maximum atomic E-state index is 13.4. The van der Waals surface area contributed by atoms with E-state index >= 15 is 0 Å². The summed E-state index contributed by atoms with van der Waals surface area (Å²) in [5.74, 6) is -3.87. The van der Waals surface area contributed by atoms with Crippen LogP contribution in [0.2, 0.25) is 0 Å². The highest BCUT2D eigenvalue weighted by Crippen LogP contribution is 2.76. The second kappa shape index (κ2) is 12.9. The summed E-state index contributed by atoms with van der Waals surface area (Å²) in [6.07, 6.45) is 8.92. The van der Waals surface area contributed by atoms with Crippen molar-refractivity contribution in [3.63, 3.8) is 0 Å². The van der Waals surface area contributed by atoms with E-state index in [1.807, 2.05) is 6.92 Å². The molecule has 9 atom stereocenters. The molecule has 0 spiro atoms. The van der Waals surface area contributed by atoms with Gasteiger partial charge in [0.15, 0.2) is 0 Å². The Balaban J connectivity index is 1.50. The molecule has 0 aliphatic heterocycles. The van der Waals surface area contributed by atoms with Crippen LogP contribution in [0.1, 0.15) is 146 Å². The summed E-state index contributed by atoms with van der Waals surface area (Å²) in [4.78, 5) is 63.3. The molecule has 5 rings (SSSR count). The van der Waals surface area contributed by atoms with Gasteiger partial charge in [-0.05, 0) is 131 Å². The molecule has 5 aliphatic rings. The normalized spacial score (nSPS) is 39.7. The fourth-order valence-corrected chi connectivity index (χ4v) is 12.2. The number of hydrogen-bond donors (Lipinski definition) is 3. The third-order valence-electron chi connectivity index (χ3n) is 16.0. The first kappa shape index (κ1) is 40.3. The average Bonchev–Trinajstić information content (AvgIpc) is 3.01. The number of aliphatic carboxylic acids is 3. The Hall–Kier alpha value is -2.91. The largest absolute Gasteiger partial charge is 0.481 e. The minimum Gasteiger partial charge on any atom is -0.481 e. The summed E-state index contributed by atoms with van der Waals surface area (Å²) in [5.41, 5.74) is -3.29. The summed E-state index contributed by atoms with van der Waals surface area (Å²) < 4.78 is 12.1. The van der Waals surface area contributed by atoms with Gasteiger partial charge >= 0.3 is 29.8 Å². The lowest BCUT2D eigenvalue weighted by molar-refractivity contribution is -0.228. The van der Waals surface area contributed by atoms with Crippen LogP contribution in [0.15, 0.2) is 11.6 Å². The number of esters is 2. The number of fused-ring (bicyclic) bond motifs is 7. The molecule has 52 heavy (non-hydrogen) atoms. The first-order valence-electron chi connectivity index (χ1n) is 19.5. The van der Waals surface area contributed by atoms with Crippen molar-refractivity contribution in [3.8, 4) is 0 Å². The zero-order chi connectivity index (χ0) is 39.1. The summed E-state index contributed by atoms with van der Waals surface area (Å²) in [7, 11) is 0. The van der Waals surface area contributed by atoms with Gasteiger partial charge in [0.2, 0.25) is 0 Å². The lowest BCUT2D eigenvalue weighted by Crippen LogP contribution is -2.66. The molecule has 3 N–H and O–H groups in total. The Labute approximate surface area is 309 Å². The van der Waals surface area contributed by atoms with Crippen molar-refractivity contribution >= 4 is 29.8 Å². The number of carbonyl (C=O) groups excluding carboxylic acids is 2. The van der Waals surface area contributed by atoms with Crippen LogP contribution in [-0.4, -0.2) is 57.9 Å². The van der Waals surface area contributed by atoms with Crippen molar-refractivity contribution in [1.29, 1.82) is 0 Å². The van der Waals surface area contributed by atoms with E-state index in [2.05, 4.69) is 40.7 Å². The SMILES string of the molecule is CC1(C)CC[C@]2(C(=O)O)CC[C@]3(C)C(=CC[C@@H]4[C@@]5(C)CC[C@H](OC(=O)CC(C)(C)C(=O)O)C(C)(COC(=O)CC(C)(C)C(=O)O)[C@@H]5CC[C@]43C)[C@@H]2C1. The zero-order valence-electron chi connectivity index (χ0n) is 33.3. The summed E-state index contributed by atoms with van der Waals surface area (Å²) in [6, 6.07) is 0. The standard InChI is InChI=1S/C42H64O10/c1-35(2)17-19-42(34(49)50)20-18-40(9)25(26(42)21-35)11-12-28-38(7)15-14-29(52-31(44)23-37(5,6)33(47)48)39(8,27(38)13-16-41(28,40)10)24-51-30(43)22-36(3,4)32(45)46/h11,26-29H,12-24H2,1-10H3,(H,45,46)(H,47,48)(H,49,50)/t26-,27+,28+,29-,38-,39?,40+,41+,42-/m0/s1. The molecule has 0 radical (unpaired) electrons. The van der Waals surface area contributed by atoms with E-state index < -0.39 is 57.6 Å². The van der Waals surface area contributed by atoms with E-state index in [9.17, 15) is 39.3 Å². The van der Waals surface area contributed by atoms with Crippen molar-refractivity contribution in [1.82, 2.24) is 0 Å². The fraction of sp³-hybridized carbons (Fsp3) is 0.833. The Morgan fingerprint density at radius 1 is 0.750 bits per heavy atom. The van der Waals surface area contributed by atoms with E-state index in [0.29, 0.717) is 19.3 Å². The maximum absolute atomic E-state index is 13.4. The maximum Gasteiger partial charge on any atom is 0.310 e. The molecule has 10 nitrogen and oxygen atoms in total. The molecule has 0 amide bonds. The first-order chi connectivity index (χ1) is 23.7. The number of hydrogen-bond acceptors (Lipinski definition) is 7. The minimum absolute atomic E-state index is 0.000683. The highest BCUT2D eigenvalue weighted by atomic mass is 16.6. The van der Waals surface area contributed by atoms with Gasteiger partial charge in [-0.1, -0.05) is 53.2 Å². The second-order valence-corrected chi connectivity index (χ2v) is 20.6. The van der Waals surface area contributed by atoms with Gasteiger partial charge in [-0.2, -0.15) is 0 Å². The van der Waals surface area contributed by atoms with Crippen LogP contribution in [0.25, 0.3) is 0 Å². The topological polar surface area (TPSA) is 164 Å². The van der Waals surface area contributed by atoms with E-state index in [1.54, 1.807) is 0 Å². The number of allylic oxidation sites excluding steroid dienone is 2. The van der Waals surface area contributed by atoms with Crippen molar-refractivity contribution in [2.45, 2.75) is 152 Å². The molecule has 10 heteroatoms. The van der Waals surface area contributed by atoms with Crippen molar-refractivity contribution in [2.75, 3.05) is 6.61 Å². The summed E-state index contributed by atoms with van der Waals surface area (Å²) in [5, 5.41) is 30.1. The predicted molar refractivity (Wildman–Crippen MR) is 194 cm³/mol. The van der Waals surface area contributed by atoms with Crippen LogP contribution < -0.4 is 0 Å². The number of carboxylic acids is 3. The highest BCUT2D eigenvalue weighted by Gasteiger charge is 2.70. The smallest absolute Gasteiger partial charge is 0.310 e. The lowest BCUT2D eigenvalue weighted by Gasteiger charge is -2.71. The predicted octanol–water partition coefficient (Wildman–Crippen LogP) is 8.31. The minimum atomic E-state index is -1.31. The Bertz CT molecular complexity index is 1540. The van der Waals surface area contributed by atoms with Crippen molar-refractivity contribution in [3.05, 3.63) is 11.6 Å². The first-order valence-corrected chi connectivity index (χ1v) is 19.5. The Morgan fingerprint density at radius 3 is 1.90 bits per heavy atom. The molecule has 292 valence electrons. The molecular weight excluding hydrogens is 664 g/mol. The molecule has 4 saturated carbocycles. The molecule has 0 heterocycles. The average molecular weight is 729 g/mol. The van der Waals surface area contributed by atoms with E-state index in [0.717, 1.165) is 44.9 Å². The van der Waals surface area contributed by atoms with Gasteiger partial charge < -0.3 is 24.8 Å². The monoisotopic (exact) mass is 728 g/mol. The molecule has 0 aromatic heterocycles. The van der Waals surface area contributed by atoms with E-state index in [-0.39, 0.29) is 58.9 Å². The quantitative estimate of drug-likeness (QED) is 0.147. The fourth-order valence-electron chi connectivity index (χ4n) is 12.2. The van der Waals surface area contributed by atoms with Crippen molar-refractivity contribution < 1.29 is 48.8 Å². The summed E-state index contributed by atoms with van der Waals surface area (Å²) in [6.45, 7) is 19.6. The van der Waals surface area contributed by atoms with Crippen molar-refractivity contribution in [2.24, 2.45) is 61.1 Å². The molecule has 0 saturated heterocycles. The van der Waals surface area contributed by atoms with Crippen LogP contribution in [0.4, 0.5) is 0 Å². The number of carboxylic acid groups (broad SMARTS) is 3. The van der Waals surface area contributed by atoms with Crippen LogP contribution in [0.3, 0.4) is 0 Å². The van der Waals surface area contributed by atoms with Gasteiger partial charge in [-0.3, -0.25) is 24.0 Å². The number of rotatable bonds is 10.